The molecule has 5 heteroatoms. The molecule has 1 heterocycles. The molecule has 1 aliphatic heterocycles. The molecule has 2 N–H and O–H groups in total. The number of nitrogens with zero attached hydrogens (tertiary/aromatic N) is 1. The predicted molar refractivity (Wildman–Crippen MR) is 63.6 cm³/mol. The zero-order valence-electron chi connectivity index (χ0n) is 10.4. The quantitative estimate of drug-likeness (QED) is 0.764. The zero-order valence-corrected chi connectivity index (χ0v) is 10.4. The van der Waals surface area contributed by atoms with Gasteiger partial charge in [0.25, 0.3) is 5.91 Å². The van der Waals surface area contributed by atoms with Gasteiger partial charge in [-0.15, -0.1) is 0 Å². The lowest BCUT2D eigenvalue weighted by atomic mass is 9.90. The van der Waals surface area contributed by atoms with E-state index in [9.17, 15) is 4.79 Å². The molecule has 17 heavy (non-hydrogen) atoms. The van der Waals surface area contributed by atoms with Crippen molar-refractivity contribution in [1.29, 1.82) is 0 Å². The number of methoxy groups -OCH3 is 1. The summed E-state index contributed by atoms with van der Waals surface area (Å²) < 4.78 is 10.9. The lowest BCUT2D eigenvalue weighted by Gasteiger charge is -2.44. The van der Waals surface area contributed by atoms with E-state index in [0.717, 1.165) is 12.8 Å². The third kappa shape index (κ3) is 2.61. The third-order valence-corrected chi connectivity index (χ3v) is 3.79. The molecule has 0 aromatic heterocycles. The van der Waals surface area contributed by atoms with E-state index in [1.807, 2.05) is 4.90 Å². The van der Waals surface area contributed by atoms with E-state index in [4.69, 9.17) is 15.2 Å². The first-order chi connectivity index (χ1) is 8.27. The lowest BCUT2D eigenvalue weighted by Crippen LogP contribution is -2.58. The summed E-state index contributed by atoms with van der Waals surface area (Å²) in [6.45, 7) is 1.54. The molecule has 0 aromatic rings. The molecule has 2 fully saturated rings. The molecule has 1 saturated heterocycles. The fourth-order valence-corrected chi connectivity index (χ4v) is 2.85. The molecule has 98 valence electrons. The number of morpholine rings is 1. The van der Waals surface area contributed by atoms with Crippen molar-refractivity contribution in [2.75, 3.05) is 26.8 Å². The number of carbonyl (C=O) groups excluding carboxylic acids is 1. The van der Waals surface area contributed by atoms with Crippen LogP contribution in [0.4, 0.5) is 0 Å². The highest BCUT2D eigenvalue weighted by Gasteiger charge is 2.38. The number of fused-ring (bicyclic) bond motifs is 1. The number of nitrogens with two attached hydrogens (primary N) is 1. The standard InChI is InChI=1S/C12H22N2O3/c1-16-11(8-13)12(15)14-6-7-17-10-5-3-2-4-9(10)14/h9-11H,2-8,13H2,1H3. The van der Waals surface area contributed by atoms with Gasteiger partial charge in [0.2, 0.25) is 0 Å². The summed E-state index contributed by atoms with van der Waals surface area (Å²) in [6.07, 6.45) is 4.20. The van der Waals surface area contributed by atoms with Gasteiger partial charge in [-0.05, 0) is 12.8 Å². The van der Waals surface area contributed by atoms with Gasteiger partial charge >= 0.3 is 0 Å². The van der Waals surface area contributed by atoms with E-state index in [-0.39, 0.29) is 24.6 Å². The molecule has 3 unspecified atom stereocenters. The van der Waals surface area contributed by atoms with E-state index < -0.39 is 6.10 Å². The molecular weight excluding hydrogens is 220 g/mol. The highest BCUT2D eigenvalue weighted by Crippen LogP contribution is 2.28. The van der Waals surface area contributed by atoms with Crippen LogP contribution in [0, 0.1) is 0 Å². The maximum absolute atomic E-state index is 12.3. The molecule has 0 radical (unpaired) electrons. The van der Waals surface area contributed by atoms with Crippen LogP contribution >= 0.6 is 0 Å². The summed E-state index contributed by atoms with van der Waals surface area (Å²) in [6, 6.07) is 0.231. The van der Waals surface area contributed by atoms with E-state index in [0.29, 0.717) is 13.2 Å². The van der Waals surface area contributed by atoms with Gasteiger partial charge in [-0.2, -0.15) is 0 Å². The third-order valence-electron chi connectivity index (χ3n) is 3.79. The van der Waals surface area contributed by atoms with E-state index in [2.05, 4.69) is 0 Å². The Morgan fingerprint density at radius 2 is 2.29 bits per heavy atom. The number of carbonyl (C=O) groups is 1. The molecule has 5 nitrogen and oxygen atoms in total. The Bertz CT molecular complexity index is 266. The Morgan fingerprint density at radius 1 is 1.53 bits per heavy atom. The number of hydrogen-bond acceptors (Lipinski definition) is 4. The van der Waals surface area contributed by atoms with Crippen molar-refractivity contribution in [3.05, 3.63) is 0 Å². The van der Waals surface area contributed by atoms with Crippen molar-refractivity contribution in [3.63, 3.8) is 0 Å². The van der Waals surface area contributed by atoms with Gasteiger partial charge < -0.3 is 20.1 Å². The largest absolute Gasteiger partial charge is 0.374 e. The number of amides is 1. The van der Waals surface area contributed by atoms with Crippen molar-refractivity contribution >= 4 is 5.91 Å². The fourth-order valence-electron chi connectivity index (χ4n) is 2.85. The minimum atomic E-state index is -0.504. The summed E-state index contributed by atoms with van der Waals surface area (Å²) in [5, 5.41) is 0. The number of ether oxygens (including phenoxy) is 2. The first-order valence-electron chi connectivity index (χ1n) is 6.43. The topological polar surface area (TPSA) is 64.8 Å². The SMILES string of the molecule is COC(CN)C(=O)N1CCOC2CCCCC21. The van der Waals surface area contributed by atoms with Crippen LogP contribution in [-0.2, 0) is 14.3 Å². The first kappa shape index (κ1) is 12.8. The van der Waals surface area contributed by atoms with Crippen molar-refractivity contribution in [2.24, 2.45) is 5.73 Å². The summed E-state index contributed by atoms with van der Waals surface area (Å²) in [5.74, 6) is 0.0233. The van der Waals surface area contributed by atoms with Crippen LogP contribution in [-0.4, -0.2) is 55.9 Å². The monoisotopic (exact) mass is 242 g/mol. The number of rotatable bonds is 3. The Labute approximate surface area is 102 Å². The highest BCUT2D eigenvalue weighted by molar-refractivity contribution is 5.81. The minimum Gasteiger partial charge on any atom is -0.374 e. The molecule has 0 spiro atoms. The van der Waals surface area contributed by atoms with Gasteiger partial charge in [-0.3, -0.25) is 4.79 Å². The van der Waals surface area contributed by atoms with Gasteiger partial charge in [0.05, 0.1) is 18.8 Å². The second-order valence-corrected chi connectivity index (χ2v) is 4.75. The molecule has 2 aliphatic rings. The van der Waals surface area contributed by atoms with Crippen molar-refractivity contribution in [1.82, 2.24) is 4.90 Å². The zero-order chi connectivity index (χ0) is 12.3. The minimum absolute atomic E-state index is 0.0233. The first-order valence-corrected chi connectivity index (χ1v) is 6.43. The van der Waals surface area contributed by atoms with Gasteiger partial charge in [0.15, 0.2) is 0 Å². The summed E-state index contributed by atoms with van der Waals surface area (Å²) in [4.78, 5) is 14.2. The average Bonchev–Trinajstić information content (AvgIpc) is 2.39. The van der Waals surface area contributed by atoms with Crippen molar-refractivity contribution in [2.45, 2.75) is 43.9 Å². The number of hydrogen-bond donors (Lipinski definition) is 1. The Balaban J connectivity index is 2.05. The maximum atomic E-state index is 12.3. The Morgan fingerprint density at radius 3 is 3.00 bits per heavy atom. The molecule has 1 aliphatic carbocycles. The predicted octanol–water partition coefficient (Wildman–Crippen LogP) is 0.130. The maximum Gasteiger partial charge on any atom is 0.253 e. The van der Waals surface area contributed by atoms with Crippen LogP contribution < -0.4 is 5.73 Å². The normalized spacial score (nSPS) is 30.8. The average molecular weight is 242 g/mol. The van der Waals surface area contributed by atoms with Crippen LogP contribution in [0.15, 0.2) is 0 Å². The smallest absolute Gasteiger partial charge is 0.253 e. The molecule has 3 atom stereocenters. The van der Waals surface area contributed by atoms with Gasteiger partial charge in [-0.1, -0.05) is 12.8 Å². The lowest BCUT2D eigenvalue weighted by molar-refractivity contribution is -0.159. The van der Waals surface area contributed by atoms with E-state index in [1.54, 1.807) is 0 Å². The highest BCUT2D eigenvalue weighted by atomic mass is 16.5. The second-order valence-electron chi connectivity index (χ2n) is 4.75. The molecule has 1 saturated carbocycles. The van der Waals surface area contributed by atoms with Gasteiger partial charge in [-0.25, -0.2) is 0 Å². The summed E-state index contributed by atoms with van der Waals surface area (Å²) >= 11 is 0. The Hall–Kier alpha value is -0.650. The molecule has 0 aromatic carbocycles. The van der Waals surface area contributed by atoms with Crippen LogP contribution in [0.3, 0.4) is 0 Å². The van der Waals surface area contributed by atoms with E-state index in [1.165, 1.54) is 20.0 Å². The second kappa shape index (κ2) is 5.80. The van der Waals surface area contributed by atoms with Crippen LogP contribution in [0.2, 0.25) is 0 Å². The molecule has 1 amide bonds. The molecular formula is C12H22N2O3. The summed E-state index contributed by atoms with van der Waals surface area (Å²) in [7, 11) is 1.54. The van der Waals surface area contributed by atoms with Crippen LogP contribution in [0.1, 0.15) is 25.7 Å². The fraction of sp³-hybridized carbons (Fsp3) is 0.917. The van der Waals surface area contributed by atoms with Crippen molar-refractivity contribution in [3.8, 4) is 0 Å². The Kier molecular flexibility index (Phi) is 4.36. The van der Waals surface area contributed by atoms with Gasteiger partial charge in [0, 0.05) is 20.2 Å². The van der Waals surface area contributed by atoms with Crippen LogP contribution in [0.25, 0.3) is 0 Å². The van der Waals surface area contributed by atoms with E-state index >= 15 is 0 Å². The summed E-state index contributed by atoms with van der Waals surface area (Å²) in [5.41, 5.74) is 5.56. The molecule has 2 rings (SSSR count). The van der Waals surface area contributed by atoms with Gasteiger partial charge in [0.1, 0.15) is 6.10 Å². The van der Waals surface area contributed by atoms with Crippen LogP contribution in [0.5, 0.6) is 0 Å². The molecule has 0 bridgehead atoms. The van der Waals surface area contributed by atoms with Crippen molar-refractivity contribution < 1.29 is 14.3 Å².